The third-order valence-electron chi connectivity index (χ3n) is 2.88. The number of hydrogen-bond donors (Lipinski definition) is 0. The van der Waals surface area contributed by atoms with Gasteiger partial charge in [-0.05, 0) is 17.7 Å². The molecule has 0 spiro atoms. The van der Waals surface area contributed by atoms with Gasteiger partial charge in [0.2, 0.25) is 0 Å². The Hall–Kier alpha value is -1.12. The largest absolute Gasteiger partial charge is 0.486 e. The molecule has 2 nitrogen and oxygen atoms in total. The highest BCUT2D eigenvalue weighted by atomic mass is 79.9. The van der Waals surface area contributed by atoms with Crippen molar-refractivity contribution in [3.05, 3.63) is 23.8 Å². The number of ether oxygens (including phenoxy) is 2. The van der Waals surface area contributed by atoms with Gasteiger partial charge in [0.15, 0.2) is 17.4 Å². The highest BCUT2D eigenvalue weighted by Gasteiger charge is 2.60. The smallest absolute Gasteiger partial charge is 0.401 e. The summed E-state index contributed by atoms with van der Waals surface area (Å²) in [5, 5.41) is 0. The average Bonchev–Trinajstić information content (AvgIpc) is 2.34. The first-order valence-electron chi connectivity index (χ1n) is 5.78. The molecular weight excluding hydrogens is 370 g/mol. The summed E-state index contributed by atoms with van der Waals surface area (Å²) < 4.78 is 86.4. The highest BCUT2D eigenvalue weighted by Crippen LogP contribution is 2.51. The lowest BCUT2D eigenvalue weighted by Gasteiger charge is -2.28. The fourth-order valence-electron chi connectivity index (χ4n) is 1.94. The van der Waals surface area contributed by atoms with Crippen LogP contribution in [0.4, 0.5) is 26.3 Å². The monoisotopic (exact) mass is 378 g/mol. The molecule has 0 aliphatic carbocycles. The number of benzene rings is 1. The Morgan fingerprint density at radius 1 is 0.905 bits per heavy atom. The summed E-state index contributed by atoms with van der Waals surface area (Å²) in [6, 6.07) is 3.57. The maximum absolute atomic E-state index is 12.7. The molecule has 1 atom stereocenters. The number of rotatable bonds is 2. The Morgan fingerprint density at radius 2 is 1.43 bits per heavy atom. The Balaban J connectivity index is 2.35. The van der Waals surface area contributed by atoms with E-state index in [4.69, 9.17) is 9.47 Å². The van der Waals surface area contributed by atoms with Crippen molar-refractivity contribution in [3.8, 4) is 11.5 Å². The summed E-state index contributed by atoms with van der Waals surface area (Å²) in [5.41, 5.74) is -0.182. The number of halogens is 7. The zero-order chi connectivity index (χ0) is 15.8. The van der Waals surface area contributed by atoms with E-state index in [1.807, 2.05) is 0 Å². The van der Waals surface area contributed by atoms with Crippen molar-refractivity contribution in [2.75, 3.05) is 13.2 Å². The Labute approximate surface area is 124 Å². The fraction of sp³-hybridized carbons (Fsp3) is 0.500. The summed E-state index contributed by atoms with van der Waals surface area (Å²) in [5.74, 6) is -3.08. The SMILES string of the molecule is FC(F)(F)C(C(Br)c1ccc2c(c1)OCCO2)C(F)(F)F. The molecule has 0 aromatic heterocycles. The van der Waals surface area contributed by atoms with Crippen LogP contribution in [0.25, 0.3) is 0 Å². The summed E-state index contributed by atoms with van der Waals surface area (Å²) in [6.45, 7) is 0.461. The van der Waals surface area contributed by atoms with Crippen LogP contribution in [0, 0.1) is 5.92 Å². The molecule has 1 heterocycles. The zero-order valence-electron chi connectivity index (χ0n) is 10.3. The molecule has 9 heteroatoms. The topological polar surface area (TPSA) is 18.5 Å². The van der Waals surface area contributed by atoms with Crippen LogP contribution in [0.2, 0.25) is 0 Å². The fourth-order valence-corrected chi connectivity index (χ4v) is 2.83. The van der Waals surface area contributed by atoms with Crippen LogP contribution >= 0.6 is 15.9 Å². The van der Waals surface area contributed by atoms with Crippen LogP contribution in [-0.4, -0.2) is 25.6 Å². The van der Waals surface area contributed by atoms with Crippen LogP contribution in [0.1, 0.15) is 10.4 Å². The van der Waals surface area contributed by atoms with E-state index in [-0.39, 0.29) is 24.5 Å². The first kappa shape index (κ1) is 16.3. The molecule has 1 aliphatic rings. The Kier molecular flexibility index (Phi) is 4.32. The van der Waals surface area contributed by atoms with Crippen LogP contribution < -0.4 is 9.47 Å². The van der Waals surface area contributed by atoms with Gasteiger partial charge in [-0.2, -0.15) is 26.3 Å². The molecule has 0 fully saturated rings. The number of alkyl halides is 7. The molecule has 0 saturated heterocycles. The van der Waals surface area contributed by atoms with E-state index in [0.29, 0.717) is 5.75 Å². The van der Waals surface area contributed by atoms with E-state index >= 15 is 0 Å². The summed E-state index contributed by atoms with van der Waals surface area (Å²) >= 11 is 2.52. The van der Waals surface area contributed by atoms with Gasteiger partial charge in [-0.1, -0.05) is 22.0 Å². The van der Waals surface area contributed by atoms with Gasteiger partial charge in [0.1, 0.15) is 13.2 Å². The number of hydrogen-bond acceptors (Lipinski definition) is 2. The lowest BCUT2D eigenvalue weighted by atomic mass is 9.97. The average molecular weight is 379 g/mol. The second-order valence-electron chi connectivity index (χ2n) is 4.37. The van der Waals surface area contributed by atoms with Crippen LogP contribution in [0.5, 0.6) is 11.5 Å². The van der Waals surface area contributed by atoms with Crippen molar-refractivity contribution >= 4 is 15.9 Å². The minimum absolute atomic E-state index is 0.131. The molecule has 118 valence electrons. The molecule has 1 aromatic rings. The van der Waals surface area contributed by atoms with Gasteiger partial charge in [0.05, 0.1) is 4.83 Å². The maximum Gasteiger partial charge on any atom is 0.401 e. The minimum atomic E-state index is -5.42. The second kappa shape index (κ2) is 5.58. The quantitative estimate of drug-likeness (QED) is 0.551. The molecule has 0 bridgehead atoms. The highest BCUT2D eigenvalue weighted by molar-refractivity contribution is 9.09. The lowest BCUT2D eigenvalue weighted by molar-refractivity contribution is -0.283. The molecule has 0 radical (unpaired) electrons. The number of fused-ring (bicyclic) bond motifs is 1. The third-order valence-corrected chi connectivity index (χ3v) is 3.94. The Bertz CT molecular complexity index is 499. The van der Waals surface area contributed by atoms with Gasteiger partial charge in [0.25, 0.3) is 0 Å². The Morgan fingerprint density at radius 3 is 1.95 bits per heavy atom. The van der Waals surface area contributed by atoms with E-state index in [1.165, 1.54) is 6.07 Å². The molecule has 0 N–H and O–H groups in total. The molecule has 2 rings (SSSR count). The van der Waals surface area contributed by atoms with Crippen LogP contribution in [0.15, 0.2) is 18.2 Å². The molecule has 1 aliphatic heterocycles. The predicted octanol–water partition coefficient (Wildman–Crippen LogP) is 4.63. The second-order valence-corrected chi connectivity index (χ2v) is 5.35. The normalized spacial score (nSPS) is 17.0. The van der Waals surface area contributed by atoms with Gasteiger partial charge in [-0.15, -0.1) is 0 Å². The molecule has 21 heavy (non-hydrogen) atoms. The van der Waals surface area contributed by atoms with Gasteiger partial charge >= 0.3 is 12.4 Å². The maximum atomic E-state index is 12.7. The minimum Gasteiger partial charge on any atom is -0.486 e. The van der Waals surface area contributed by atoms with E-state index < -0.39 is 23.1 Å². The molecule has 0 saturated carbocycles. The van der Waals surface area contributed by atoms with Crippen LogP contribution in [0.3, 0.4) is 0 Å². The zero-order valence-corrected chi connectivity index (χ0v) is 11.8. The van der Waals surface area contributed by atoms with Gasteiger partial charge in [-0.3, -0.25) is 0 Å². The molecular formula is C12H9BrF6O2. The van der Waals surface area contributed by atoms with Crippen molar-refractivity contribution in [1.29, 1.82) is 0 Å². The molecule has 1 aromatic carbocycles. The van der Waals surface area contributed by atoms with Gasteiger partial charge in [0, 0.05) is 0 Å². The van der Waals surface area contributed by atoms with Gasteiger partial charge < -0.3 is 9.47 Å². The van der Waals surface area contributed by atoms with Crippen molar-refractivity contribution < 1.29 is 35.8 Å². The molecule has 0 amide bonds. The van der Waals surface area contributed by atoms with Crippen molar-refractivity contribution in [2.45, 2.75) is 17.2 Å². The summed E-state index contributed by atoms with van der Waals surface area (Å²) in [6.07, 6.45) is -10.8. The predicted molar refractivity (Wildman–Crippen MR) is 64.7 cm³/mol. The van der Waals surface area contributed by atoms with E-state index in [1.54, 1.807) is 0 Å². The molecule has 1 unspecified atom stereocenters. The van der Waals surface area contributed by atoms with Crippen molar-refractivity contribution in [1.82, 2.24) is 0 Å². The lowest BCUT2D eigenvalue weighted by Crippen LogP contribution is -2.39. The summed E-state index contributed by atoms with van der Waals surface area (Å²) in [7, 11) is 0. The summed E-state index contributed by atoms with van der Waals surface area (Å²) in [4.78, 5) is -1.96. The standard InChI is InChI=1S/C12H9BrF6O2/c13-9(10(11(14,15)16)12(17,18)19)6-1-2-7-8(5-6)21-4-3-20-7/h1-2,5,9-10H,3-4H2. The van der Waals surface area contributed by atoms with Crippen molar-refractivity contribution in [3.63, 3.8) is 0 Å². The van der Waals surface area contributed by atoms with E-state index in [9.17, 15) is 26.3 Å². The first-order valence-corrected chi connectivity index (χ1v) is 6.69. The van der Waals surface area contributed by atoms with E-state index in [2.05, 4.69) is 15.9 Å². The van der Waals surface area contributed by atoms with Crippen LogP contribution in [-0.2, 0) is 0 Å². The third kappa shape index (κ3) is 3.56. The first-order chi connectivity index (χ1) is 9.60. The van der Waals surface area contributed by atoms with Gasteiger partial charge in [-0.25, -0.2) is 0 Å². The van der Waals surface area contributed by atoms with E-state index in [0.717, 1.165) is 12.1 Å². The van der Waals surface area contributed by atoms with Crippen molar-refractivity contribution in [2.24, 2.45) is 5.92 Å².